The number of thiophene rings is 1. The molecule has 2 aromatic heterocycles. The molecule has 0 aliphatic carbocycles. The van der Waals surface area contributed by atoms with Crippen LogP contribution in [-0.2, 0) is 0 Å². The van der Waals surface area contributed by atoms with Crippen LogP contribution < -0.4 is 4.74 Å². The van der Waals surface area contributed by atoms with Crippen molar-refractivity contribution in [1.82, 2.24) is 14.9 Å². The molecule has 0 bridgehead atoms. The molecule has 0 aliphatic heterocycles. The van der Waals surface area contributed by atoms with Crippen LogP contribution >= 0.6 is 23.6 Å². The molecule has 0 saturated carbocycles. The predicted octanol–water partition coefficient (Wildman–Crippen LogP) is 4.73. The van der Waals surface area contributed by atoms with Crippen molar-refractivity contribution in [3.8, 4) is 16.5 Å². The molecule has 24 heavy (non-hydrogen) atoms. The maximum absolute atomic E-state index is 5.81. The minimum atomic E-state index is -0.213. The van der Waals surface area contributed by atoms with Gasteiger partial charge in [-0.05, 0) is 74.3 Å². The number of hydrogen-bond donors (Lipinski definition) is 1. The lowest BCUT2D eigenvalue weighted by Gasteiger charge is -2.21. The third kappa shape index (κ3) is 3.98. The molecule has 1 aromatic carbocycles. The fraction of sp³-hybridized carbons (Fsp3) is 0.235. The topological polar surface area (TPSA) is 55.2 Å². The largest absolute Gasteiger partial charge is 0.488 e. The number of rotatable bonds is 4. The molecule has 1 N–H and O–H groups in total. The van der Waals surface area contributed by atoms with Gasteiger partial charge in [-0.1, -0.05) is 6.07 Å². The molecule has 0 aliphatic rings. The van der Waals surface area contributed by atoms with Crippen molar-refractivity contribution >= 4 is 29.8 Å². The average Bonchev–Trinajstić information content (AvgIpc) is 3.15. The normalized spacial score (nSPS) is 12.0. The summed E-state index contributed by atoms with van der Waals surface area (Å²) in [5, 5.41) is 13.5. The molecule has 3 aromatic rings. The van der Waals surface area contributed by atoms with E-state index in [1.54, 1.807) is 22.2 Å². The van der Waals surface area contributed by atoms with E-state index in [4.69, 9.17) is 17.0 Å². The van der Waals surface area contributed by atoms with Gasteiger partial charge < -0.3 is 4.74 Å². The number of aromatic amines is 1. The SMILES string of the molecule is CC(C)(C)Oc1ccc(/C=N\n2c(-c3cccs3)n[nH]c2=S)cc1. The maximum atomic E-state index is 5.81. The Hall–Kier alpha value is -2.25. The highest BCUT2D eigenvalue weighted by molar-refractivity contribution is 7.71. The number of nitrogens with zero attached hydrogens (tertiary/aromatic N) is 3. The molecule has 0 unspecified atom stereocenters. The van der Waals surface area contributed by atoms with Crippen LogP contribution in [0.5, 0.6) is 5.75 Å². The van der Waals surface area contributed by atoms with Gasteiger partial charge in [0.25, 0.3) is 0 Å². The summed E-state index contributed by atoms with van der Waals surface area (Å²) in [6.45, 7) is 6.07. The lowest BCUT2D eigenvalue weighted by atomic mass is 10.2. The average molecular weight is 358 g/mol. The zero-order valence-electron chi connectivity index (χ0n) is 13.7. The van der Waals surface area contributed by atoms with Gasteiger partial charge in [0.05, 0.1) is 11.1 Å². The van der Waals surface area contributed by atoms with Crippen molar-refractivity contribution in [2.75, 3.05) is 0 Å². The Labute approximate surface area is 149 Å². The van der Waals surface area contributed by atoms with Gasteiger partial charge in [-0.3, -0.25) is 0 Å². The predicted molar refractivity (Wildman–Crippen MR) is 101 cm³/mol. The van der Waals surface area contributed by atoms with Gasteiger partial charge in [0.15, 0.2) is 5.82 Å². The highest BCUT2D eigenvalue weighted by Crippen LogP contribution is 2.22. The van der Waals surface area contributed by atoms with Gasteiger partial charge >= 0.3 is 0 Å². The monoisotopic (exact) mass is 358 g/mol. The first kappa shape index (κ1) is 16.6. The fourth-order valence-corrected chi connectivity index (χ4v) is 2.94. The van der Waals surface area contributed by atoms with Crippen LogP contribution in [-0.4, -0.2) is 26.7 Å². The van der Waals surface area contributed by atoms with Crippen LogP contribution in [0.15, 0.2) is 46.9 Å². The highest BCUT2D eigenvalue weighted by Gasteiger charge is 2.11. The Balaban J connectivity index is 1.82. The summed E-state index contributed by atoms with van der Waals surface area (Å²) in [5.41, 5.74) is 0.742. The third-order valence-corrected chi connectivity index (χ3v) is 4.15. The van der Waals surface area contributed by atoms with E-state index in [1.807, 2.05) is 62.5 Å². The van der Waals surface area contributed by atoms with E-state index in [2.05, 4.69) is 15.3 Å². The van der Waals surface area contributed by atoms with Crippen molar-refractivity contribution in [3.63, 3.8) is 0 Å². The maximum Gasteiger partial charge on any atom is 0.216 e. The van der Waals surface area contributed by atoms with E-state index in [0.717, 1.165) is 16.2 Å². The molecule has 2 heterocycles. The summed E-state index contributed by atoms with van der Waals surface area (Å²) in [5.74, 6) is 1.54. The fourth-order valence-electron chi connectivity index (χ4n) is 2.06. The molecule has 124 valence electrons. The number of nitrogens with one attached hydrogen (secondary N) is 1. The van der Waals surface area contributed by atoms with E-state index < -0.39 is 0 Å². The van der Waals surface area contributed by atoms with E-state index in [1.165, 1.54) is 0 Å². The Kier molecular flexibility index (Phi) is 4.64. The van der Waals surface area contributed by atoms with E-state index >= 15 is 0 Å². The second-order valence-electron chi connectivity index (χ2n) is 6.17. The van der Waals surface area contributed by atoms with Gasteiger partial charge in [-0.25, -0.2) is 5.10 Å². The van der Waals surface area contributed by atoms with Crippen molar-refractivity contribution < 1.29 is 4.74 Å². The third-order valence-electron chi connectivity index (χ3n) is 3.02. The second-order valence-corrected chi connectivity index (χ2v) is 7.50. The van der Waals surface area contributed by atoms with E-state index in [9.17, 15) is 0 Å². The lowest BCUT2D eigenvalue weighted by Crippen LogP contribution is -2.22. The molecule has 3 rings (SSSR count). The van der Waals surface area contributed by atoms with Crippen molar-refractivity contribution in [2.24, 2.45) is 5.10 Å². The molecule has 0 spiro atoms. The van der Waals surface area contributed by atoms with Gasteiger partial charge in [0.1, 0.15) is 11.4 Å². The smallest absolute Gasteiger partial charge is 0.216 e. The standard InChI is InChI=1S/C17H18N4OS2/c1-17(2,3)22-13-8-6-12(7-9-13)11-18-21-15(19-20-16(21)23)14-5-4-10-24-14/h4-11H,1-3H3,(H,20,23)/b18-11-. The first-order chi connectivity index (χ1) is 11.4. The molecule has 0 amide bonds. The zero-order chi connectivity index (χ0) is 17.2. The molecule has 5 nitrogen and oxygen atoms in total. The Morgan fingerprint density at radius 1 is 1.25 bits per heavy atom. The Morgan fingerprint density at radius 3 is 2.62 bits per heavy atom. The number of benzene rings is 1. The molecule has 0 radical (unpaired) electrons. The van der Waals surface area contributed by atoms with Gasteiger partial charge in [-0.2, -0.15) is 14.9 Å². The quantitative estimate of drug-likeness (QED) is 0.542. The van der Waals surface area contributed by atoms with Crippen LogP contribution in [0.3, 0.4) is 0 Å². The summed E-state index contributed by atoms with van der Waals surface area (Å²) in [6.07, 6.45) is 1.75. The lowest BCUT2D eigenvalue weighted by molar-refractivity contribution is 0.131. The molecule has 0 atom stereocenters. The molecular formula is C17H18N4OS2. The van der Waals surface area contributed by atoms with Crippen LogP contribution in [0.1, 0.15) is 26.3 Å². The first-order valence-electron chi connectivity index (χ1n) is 7.47. The molecular weight excluding hydrogens is 340 g/mol. The van der Waals surface area contributed by atoms with Gasteiger partial charge in [-0.15, -0.1) is 11.3 Å². The molecule has 0 saturated heterocycles. The Morgan fingerprint density at radius 2 is 2.00 bits per heavy atom. The zero-order valence-corrected chi connectivity index (χ0v) is 15.3. The molecule has 0 fully saturated rings. The number of H-pyrrole nitrogens is 1. The number of ether oxygens (including phenoxy) is 1. The van der Waals surface area contributed by atoms with E-state index in [0.29, 0.717) is 10.6 Å². The van der Waals surface area contributed by atoms with Crippen LogP contribution in [0.25, 0.3) is 10.7 Å². The first-order valence-corrected chi connectivity index (χ1v) is 8.76. The summed E-state index contributed by atoms with van der Waals surface area (Å²) >= 11 is 6.85. The van der Waals surface area contributed by atoms with Crippen LogP contribution in [0.2, 0.25) is 0 Å². The summed E-state index contributed by atoms with van der Waals surface area (Å²) in [7, 11) is 0. The van der Waals surface area contributed by atoms with Gasteiger partial charge in [0.2, 0.25) is 4.77 Å². The van der Waals surface area contributed by atoms with Crippen molar-refractivity contribution in [2.45, 2.75) is 26.4 Å². The molecule has 7 heteroatoms. The van der Waals surface area contributed by atoms with Gasteiger partial charge in [0, 0.05) is 0 Å². The number of aromatic nitrogens is 3. The summed E-state index contributed by atoms with van der Waals surface area (Å²) in [6, 6.07) is 11.7. The highest BCUT2D eigenvalue weighted by atomic mass is 32.1. The van der Waals surface area contributed by atoms with Crippen LogP contribution in [0, 0.1) is 4.77 Å². The Bertz CT molecular complexity index is 884. The van der Waals surface area contributed by atoms with Crippen LogP contribution in [0.4, 0.5) is 0 Å². The number of hydrogen-bond acceptors (Lipinski definition) is 5. The second kappa shape index (κ2) is 6.70. The minimum absolute atomic E-state index is 0.213. The summed E-state index contributed by atoms with van der Waals surface area (Å²) < 4.78 is 7.90. The minimum Gasteiger partial charge on any atom is -0.488 e. The van der Waals surface area contributed by atoms with E-state index in [-0.39, 0.29) is 5.60 Å². The van der Waals surface area contributed by atoms with Crippen molar-refractivity contribution in [1.29, 1.82) is 0 Å². The summed E-state index contributed by atoms with van der Waals surface area (Å²) in [4.78, 5) is 1.01. The van der Waals surface area contributed by atoms with Crippen molar-refractivity contribution in [3.05, 3.63) is 52.1 Å².